The summed E-state index contributed by atoms with van der Waals surface area (Å²) < 4.78 is 21.7. The molecule has 0 aliphatic heterocycles. The van der Waals surface area contributed by atoms with Gasteiger partial charge in [0.1, 0.15) is 11.4 Å². The van der Waals surface area contributed by atoms with E-state index in [1.54, 1.807) is 60.2 Å². The molecule has 0 aliphatic rings. The van der Waals surface area contributed by atoms with E-state index in [2.05, 4.69) is 0 Å². The van der Waals surface area contributed by atoms with Gasteiger partial charge in [0, 0.05) is 11.3 Å². The van der Waals surface area contributed by atoms with Gasteiger partial charge in [0.05, 0.1) is 46.1 Å². The zero-order valence-corrected chi connectivity index (χ0v) is 18.2. The molecule has 0 unspecified atom stereocenters. The van der Waals surface area contributed by atoms with E-state index in [0.717, 1.165) is 0 Å². The van der Waals surface area contributed by atoms with Crippen LogP contribution in [-0.2, 0) is 25.4 Å². The van der Waals surface area contributed by atoms with E-state index in [4.69, 9.17) is 18.9 Å². The number of esters is 3. The van der Waals surface area contributed by atoms with E-state index in [9.17, 15) is 14.4 Å². The van der Waals surface area contributed by atoms with Crippen LogP contribution in [0.1, 0.15) is 26.4 Å². The van der Waals surface area contributed by atoms with E-state index < -0.39 is 17.9 Å². The fourth-order valence-corrected chi connectivity index (χ4v) is 3.51. The van der Waals surface area contributed by atoms with E-state index in [1.807, 2.05) is 6.07 Å². The number of aromatic nitrogens is 1. The molecule has 32 heavy (non-hydrogen) atoms. The molecule has 0 aliphatic carbocycles. The number of rotatable bonds is 7. The van der Waals surface area contributed by atoms with Crippen molar-refractivity contribution in [2.75, 3.05) is 28.4 Å². The highest BCUT2D eigenvalue weighted by Crippen LogP contribution is 2.37. The van der Waals surface area contributed by atoms with Gasteiger partial charge in [0.25, 0.3) is 0 Å². The first-order valence-electron chi connectivity index (χ1n) is 9.67. The monoisotopic (exact) mass is 437 g/mol. The lowest BCUT2D eigenvalue weighted by molar-refractivity contribution is -0.139. The predicted octanol–water partition coefficient (Wildman–Crippen LogP) is 3.44. The van der Waals surface area contributed by atoms with Crippen LogP contribution in [0.15, 0.2) is 54.6 Å². The maximum Gasteiger partial charge on any atom is 0.355 e. The van der Waals surface area contributed by atoms with Crippen molar-refractivity contribution >= 4 is 17.9 Å². The summed E-state index contributed by atoms with van der Waals surface area (Å²) in [6.07, 6.45) is -0.258. The fourth-order valence-electron chi connectivity index (χ4n) is 3.51. The summed E-state index contributed by atoms with van der Waals surface area (Å²) in [7, 11) is 5.23. The Balaban J connectivity index is 2.49. The van der Waals surface area contributed by atoms with Crippen LogP contribution >= 0.6 is 0 Å². The average molecular weight is 437 g/mol. The Labute approximate surface area is 185 Å². The molecule has 0 spiro atoms. The molecule has 0 atom stereocenters. The quantitative estimate of drug-likeness (QED) is 0.413. The second-order valence-electron chi connectivity index (χ2n) is 6.69. The molecule has 3 aromatic rings. The second kappa shape index (κ2) is 9.82. The van der Waals surface area contributed by atoms with Gasteiger partial charge in [-0.25, -0.2) is 9.59 Å². The van der Waals surface area contributed by atoms with Gasteiger partial charge in [-0.05, 0) is 42.0 Å². The van der Waals surface area contributed by atoms with Crippen molar-refractivity contribution in [1.82, 2.24) is 4.57 Å². The molecular formula is C24H23NO7. The van der Waals surface area contributed by atoms with Crippen LogP contribution in [0.2, 0.25) is 0 Å². The Kier molecular flexibility index (Phi) is 6.94. The zero-order valence-electron chi connectivity index (χ0n) is 18.2. The van der Waals surface area contributed by atoms with Crippen molar-refractivity contribution in [2.24, 2.45) is 0 Å². The SMILES string of the molecule is COC(=O)Cc1c(C(=O)OC)c(C(=O)OC)n(-c2ccccc2)c1-c1ccc(OC)cc1. The van der Waals surface area contributed by atoms with Crippen molar-refractivity contribution < 1.29 is 33.3 Å². The molecule has 3 rings (SSSR count). The van der Waals surface area contributed by atoms with Gasteiger partial charge >= 0.3 is 17.9 Å². The van der Waals surface area contributed by atoms with Crippen LogP contribution in [0.3, 0.4) is 0 Å². The Bertz CT molecular complexity index is 1130. The van der Waals surface area contributed by atoms with Crippen molar-refractivity contribution in [1.29, 1.82) is 0 Å². The highest BCUT2D eigenvalue weighted by Gasteiger charge is 2.34. The van der Waals surface area contributed by atoms with Crippen molar-refractivity contribution in [3.8, 4) is 22.7 Å². The molecule has 1 aromatic heterocycles. The van der Waals surface area contributed by atoms with Crippen LogP contribution in [-0.4, -0.2) is 50.9 Å². The molecule has 8 nitrogen and oxygen atoms in total. The minimum absolute atomic E-state index is 0.0460. The third-order valence-corrected chi connectivity index (χ3v) is 4.97. The third kappa shape index (κ3) is 4.20. The number of hydrogen-bond acceptors (Lipinski definition) is 7. The van der Waals surface area contributed by atoms with Gasteiger partial charge in [0.15, 0.2) is 0 Å². The lowest BCUT2D eigenvalue weighted by atomic mass is 10.0. The molecule has 8 heteroatoms. The largest absolute Gasteiger partial charge is 0.497 e. The van der Waals surface area contributed by atoms with Crippen LogP contribution in [0.4, 0.5) is 0 Å². The number of benzene rings is 2. The van der Waals surface area contributed by atoms with Crippen molar-refractivity contribution in [3.63, 3.8) is 0 Å². The first-order valence-corrected chi connectivity index (χ1v) is 9.67. The van der Waals surface area contributed by atoms with E-state index >= 15 is 0 Å². The van der Waals surface area contributed by atoms with Gasteiger partial charge < -0.3 is 23.5 Å². The minimum Gasteiger partial charge on any atom is -0.497 e. The second-order valence-corrected chi connectivity index (χ2v) is 6.69. The zero-order chi connectivity index (χ0) is 23.3. The normalized spacial score (nSPS) is 10.4. The summed E-state index contributed by atoms with van der Waals surface area (Å²) in [5.41, 5.74) is 1.90. The molecule has 0 radical (unpaired) electrons. The number of carbonyl (C=O) groups excluding carboxylic acids is 3. The van der Waals surface area contributed by atoms with Gasteiger partial charge in [0.2, 0.25) is 0 Å². The molecule has 0 saturated heterocycles. The third-order valence-electron chi connectivity index (χ3n) is 4.97. The standard InChI is InChI=1S/C24H23NO7/c1-29-17-12-10-15(11-13-17)21-18(14-19(26)30-2)20(23(27)31-3)22(24(28)32-4)25(21)16-8-6-5-7-9-16/h5-13H,14H2,1-4H3. The average Bonchev–Trinajstić information content (AvgIpc) is 3.18. The van der Waals surface area contributed by atoms with E-state index in [1.165, 1.54) is 21.3 Å². The Morgan fingerprint density at radius 3 is 1.94 bits per heavy atom. The Morgan fingerprint density at radius 2 is 1.41 bits per heavy atom. The molecule has 0 bridgehead atoms. The van der Waals surface area contributed by atoms with Crippen molar-refractivity contribution in [2.45, 2.75) is 6.42 Å². The highest BCUT2D eigenvalue weighted by molar-refractivity contribution is 6.07. The summed E-state index contributed by atoms with van der Waals surface area (Å²) >= 11 is 0. The summed E-state index contributed by atoms with van der Waals surface area (Å²) in [4.78, 5) is 38.1. The van der Waals surface area contributed by atoms with Gasteiger partial charge in [-0.2, -0.15) is 0 Å². The maximum absolute atomic E-state index is 12.9. The molecular weight excluding hydrogens is 414 g/mol. The molecule has 166 valence electrons. The number of para-hydroxylation sites is 1. The topological polar surface area (TPSA) is 93.1 Å². The minimum atomic E-state index is -0.770. The van der Waals surface area contributed by atoms with Crippen LogP contribution < -0.4 is 4.74 Å². The molecule has 0 fully saturated rings. The fraction of sp³-hybridized carbons (Fsp3) is 0.208. The number of nitrogens with zero attached hydrogens (tertiary/aromatic N) is 1. The number of carbonyl (C=O) groups is 3. The van der Waals surface area contributed by atoms with Gasteiger partial charge in [-0.15, -0.1) is 0 Å². The number of hydrogen-bond donors (Lipinski definition) is 0. The molecule has 0 N–H and O–H groups in total. The first-order chi connectivity index (χ1) is 15.5. The lowest BCUT2D eigenvalue weighted by Gasteiger charge is -2.14. The molecule has 0 amide bonds. The molecule has 2 aromatic carbocycles. The summed E-state index contributed by atoms with van der Waals surface area (Å²) in [6.45, 7) is 0. The van der Waals surface area contributed by atoms with Crippen LogP contribution in [0, 0.1) is 0 Å². The Hall–Kier alpha value is -4.07. The predicted molar refractivity (Wildman–Crippen MR) is 116 cm³/mol. The van der Waals surface area contributed by atoms with Gasteiger partial charge in [-0.1, -0.05) is 18.2 Å². The van der Waals surface area contributed by atoms with Crippen LogP contribution in [0.5, 0.6) is 5.75 Å². The lowest BCUT2D eigenvalue weighted by Crippen LogP contribution is -2.16. The van der Waals surface area contributed by atoms with E-state index in [0.29, 0.717) is 22.7 Å². The molecule has 0 saturated carbocycles. The highest BCUT2D eigenvalue weighted by atomic mass is 16.5. The van der Waals surface area contributed by atoms with Crippen molar-refractivity contribution in [3.05, 3.63) is 71.4 Å². The molecule has 1 heterocycles. The van der Waals surface area contributed by atoms with Gasteiger partial charge in [-0.3, -0.25) is 4.79 Å². The maximum atomic E-state index is 12.9. The smallest absolute Gasteiger partial charge is 0.355 e. The number of ether oxygens (including phenoxy) is 4. The van der Waals surface area contributed by atoms with E-state index in [-0.39, 0.29) is 23.2 Å². The summed E-state index contributed by atoms with van der Waals surface area (Å²) in [5, 5.41) is 0. The summed E-state index contributed by atoms with van der Waals surface area (Å²) in [5.74, 6) is -1.47. The number of methoxy groups -OCH3 is 4. The Morgan fingerprint density at radius 1 is 0.781 bits per heavy atom. The van der Waals surface area contributed by atoms with Crippen LogP contribution in [0.25, 0.3) is 16.9 Å². The first kappa shape index (κ1) is 22.6. The summed E-state index contributed by atoms with van der Waals surface area (Å²) in [6, 6.07) is 16.0.